The fourth-order valence-electron chi connectivity index (χ4n) is 4.30. The van der Waals surface area contributed by atoms with E-state index in [-0.39, 0.29) is 11.4 Å². The van der Waals surface area contributed by atoms with E-state index in [0.717, 1.165) is 31.6 Å². The van der Waals surface area contributed by atoms with Crippen molar-refractivity contribution in [3.05, 3.63) is 59.2 Å². The molecule has 1 fully saturated rings. The van der Waals surface area contributed by atoms with Crippen LogP contribution in [0.3, 0.4) is 0 Å². The van der Waals surface area contributed by atoms with Crippen molar-refractivity contribution in [2.24, 2.45) is 0 Å². The minimum Gasteiger partial charge on any atom is -0.307 e. The average Bonchev–Trinajstić information content (AvgIpc) is 2.98. The monoisotopic (exact) mass is 360 g/mol. The Morgan fingerprint density at radius 3 is 2.70 bits per heavy atom. The fourth-order valence-corrected chi connectivity index (χ4v) is 4.30. The van der Waals surface area contributed by atoms with Crippen LogP contribution in [0.4, 0.5) is 16.2 Å². The molecule has 5 heteroatoms. The topological polar surface area (TPSA) is 59.4 Å². The van der Waals surface area contributed by atoms with Crippen molar-refractivity contribution in [3.8, 4) is 6.07 Å². The Kier molecular flexibility index (Phi) is 4.37. The third kappa shape index (κ3) is 3.17. The Bertz CT molecular complexity index is 922. The Balaban J connectivity index is 1.64. The van der Waals surface area contributed by atoms with Crippen LogP contribution in [0.5, 0.6) is 0 Å². The van der Waals surface area contributed by atoms with E-state index in [1.165, 1.54) is 11.1 Å². The average molecular weight is 360 g/mol. The second-order valence-electron chi connectivity index (χ2n) is 7.81. The van der Waals surface area contributed by atoms with Gasteiger partial charge in [-0.2, -0.15) is 5.26 Å². The maximum absolute atomic E-state index is 13.1. The molecule has 1 spiro atoms. The highest BCUT2D eigenvalue weighted by atomic mass is 16.2. The highest BCUT2D eigenvalue weighted by Crippen LogP contribution is 2.47. The summed E-state index contributed by atoms with van der Waals surface area (Å²) in [6.45, 7) is 4.92. The number of likely N-dealkylation sites (tertiary alicyclic amines) is 1. The molecule has 0 radical (unpaired) electrons. The van der Waals surface area contributed by atoms with Gasteiger partial charge >= 0.3 is 6.03 Å². The van der Waals surface area contributed by atoms with Crippen LogP contribution in [-0.4, -0.2) is 37.6 Å². The van der Waals surface area contributed by atoms with E-state index in [1.807, 2.05) is 11.0 Å². The van der Waals surface area contributed by atoms with Crippen LogP contribution in [0.15, 0.2) is 42.5 Å². The number of aryl methyl sites for hydroxylation is 1. The Labute approximate surface area is 160 Å². The van der Waals surface area contributed by atoms with Gasteiger partial charge < -0.3 is 10.2 Å². The van der Waals surface area contributed by atoms with Gasteiger partial charge in [-0.15, -0.1) is 0 Å². The summed E-state index contributed by atoms with van der Waals surface area (Å²) >= 11 is 0. The molecule has 1 saturated heterocycles. The Morgan fingerprint density at radius 2 is 1.96 bits per heavy atom. The van der Waals surface area contributed by atoms with Gasteiger partial charge in [0.05, 0.1) is 11.6 Å². The molecule has 0 unspecified atom stereocenters. The first-order chi connectivity index (χ1) is 13.0. The van der Waals surface area contributed by atoms with Gasteiger partial charge in [-0.3, -0.25) is 4.90 Å². The van der Waals surface area contributed by atoms with E-state index in [9.17, 15) is 4.79 Å². The lowest BCUT2D eigenvalue weighted by Crippen LogP contribution is -2.45. The van der Waals surface area contributed by atoms with Crippen molar-refractivity contribution in [3.63, 3.8) is 0 Å². The molecule has 4 rings (SSSR count). The van der Waals surface area contributed by atoms with E-state index in [2.05, 4.69) is 48.5 Å². The number of nitriles is 1. The lowest BCUT2D eigenvalue weighted by molar-refractivity contribution is 0.196. The standard InChI is InChI=1S/C22H24N4O/c1-16-6-7-20-19(12-16)22(8-10-25(2)11-9-22)15-26(20)21(27)24-18-5-3-4-17(13-18)14-23/h3-7,12-13H,8-11,15H2,1-2H3,(H,24,27). The smallest absolute Gasteiger partial charge is 0.307 e. The molecular weight excluding hydrogens is 336 g/mol. The van der Waals surface area contributed by atoms with Crippen LogP contribution < -0.4 is 10.2 Å². The van der Waals surface area contributed by atoms with E-state index < -0.39 is 0 Å². The number of hydrogen-bond donors (Lipinski definition) is 1. The number of carbonyl (C=O) groups is 1. The third-order valence-corrected chi connectivity index (χ3v) is 5.91. The van der Waals surface area contributed by atoms with Gasteiger partial charge in [0.2, 0.25) is 0 Å². The molecule has 2 heterocycles. The van der Waals surface area contributed by atoms with Crippen LogP contribution in [0.25, 0.3) is 0 Å². The van der Waals surface area contributed by atoms with Gasteiger partial charge in [-0.1, -0.05) is 23.8 Å². The van der Waals surface area contributed by atoms with Crippen LogP contribution in [0.1, 0.15) is 29.5 Å². The van der Waals surface area contributed by atoms with E-state index >= 15 is 0 Å². The van der Waals surface area contributed by atoms with Crippen molar-refractivity contribution in [2.45, 2.75) is 25.2 Å². The maximum atomic E-state index is 13.1. The number of nitrogens with one attached hydrogen (secondary N) is 1. The molecular formula is C22H24N4O. The van der Waals surface area contributed by atoms with Crippen LogP contribution >= 0.6 is 0 Å². The van der Waals surface area contributed by atoms with Crippen molar-refractivity contribution in [2.75, 3.05) is 36.9 Å². The molecule has 27 heavy (non-hydrogen) atoms. The van der Waals surface area contributed by atoms with Crippen molar-refractivity contribution in [1.29, 1.82) is 5.26 Å². The molecule has 2 aromatic carbocycles. The first-order valence-corrected chi connectivity index (χ1v) is 9.39. The summed E-state index contributed by atoms with van der Waals surface area (Å²) in [7, 11) is 2.16. The number of rotatable bonds is 1. The lowest BCUT2D eigenvalue weighted by atomic mass is 9.74. The summed E-state index contributed by atoms with van der Waals surface area (Å²) < 4.78 is 0. The molecule has 0 aromatic heterocycles. The number of benzene rings is 2. The molecule has 2 amide bonds. The fraction of sp³-hybridized carbons (Fsp3) is 0.364. The molecule has 5 nitrogen and oxygen atoms in total. The quantitative estimate of drug-likeness (QED) is 0.839. The normalized spacial score (nSPS) is 18.2. The Morgan fingerprint density at radius 1 is 1.19 bits per heavy atom. The molecule has 0 atom stereocenters. The molecule has 0 aliphatic carbocycles. The number of carbonyl (C=O) groups excluding carboxylic acids is 1. The largest absolute Gasteiger partial charge is 0.326 e. The third-order valence-electron chi connectivity index (χ3n) is 5.91. The second kappa shape index (κ2) is 6.71. The van der Waals surface area contributed by atoms with Gasteiger partial charge in [-0.05, 0) is 69.7 Å². The predicted octanol–water partition coefficient (Wildman–Crippen LogP) is 3.88. The minimum atomic E-state index is -0.133. The highest BCUT2D eigenvalue weighted by molar-refractivity contribution is 6.03. The van der Waals surface area contributed by atoms with E-state index in [4.69, 9.17) is 5.26 Å². The predicted molar refractivity (Wildman–Crippen MR) is 107 cm³/mol. The summed E-state index contributed by atoms with van der Waals surface area (Å²) in [6.07, 6.45) is 2.13. The first-order valence-electron chi connectivity index (χ1n) is 9.39. The summed E-state index contributed by atoms with van der Waals surface area (Å²) in [5, 5.41) is 12.0. The van der Waals surface area contributed by atoms with Crippen LogP contribution in [-0.2, 0) is 5.41 Å². The summed E-state index contributed by atoms with van der Waals surface area (Å²) in [5.74, 6) is 0. The maximum Gasteiger partial charge on any atom is 0.326 e. The minimum absolute atomic E-state index is 0.0414. The Hall–Kier alpha value is -2.84. The molecule has 1 N–H and O–H groups in total. The number of urea groups is 1. The summed E-state index contributed by atoms with van der Waals surface area (Å²) in [5.41, 5.74) is 4.78. The lowest BCUT2D eigenvalue weighted by Gasteiger charge is -2.38. The van der Waals surface area contributed by atoms with Gasteiger partial charge in [0.1, 0.15) is 0 Å². The molecule has 0 saturated carbocycles. The zero-order valence-corrected chi connectivity index (χ0v) is 15.8. The molecule has 2 aliphatic rings. The number of fused-ring (bicyclic) bond motifs is 2. The van der Waals surface area contributed by atoms with Gasteiger partial charge in [-0.25, -0.2) is 4.79 Å². The first kappa shape index (κ1) is 17.6. The van der Waals surface area contributed by atoms with Crippen molar-refractivity contribution < 1.29 is 4.79 Å². The molecule has 2 aromatic rings. The van der Waals surface area contributed by atoms with Gasteiger partial charge in [0, 0.05) is 23.3 Å². The number of nitrogens with zero attached hydrogens (tertiary/aromatic N) is 3. The van der Waals surface area contributed by atoms with Gasteiger partial charge in [0.25, 0.3) is 0 Å². The zero-order chi connectivity index (χ0) is 19.0. The van der Waals surface area contributed by atoms with Crippen molar-refractivity contribution >= 4 is 17.4 Å². The SMILES string of the molecule is Cc1ccc2c(c1)C1(CCN(C)CC1)CN2C(=O)Nc1cccc(C#N)c1. The second-order valence-corrected chi connectivity index (χ2v) is 7.81. The number of hydrogen-bond acceptors (Lipinski definition) is 3. The van der Waals surface area contributed by atoms with Crippen LogP contribution in [0.2, 0.25) is 0 Å². The van der Waals surface area contributed by atoms with E-state index in [0.29, 0.717) is 17.8 Å². The number of anilines is 2. The molecule has 138 valence electrons. The summed E-state index contributed by atoms with van der Waals surface area (Å²) in [4.78, 5) is 17.3. The molecule has 0 bridgehead atoms. The zero-order valence-electron chi connectivity index (χ0n) is 15.8. The van der Waals surface area contributed by atoms with E-state index in [1.54, 1.807) is 18.2 Å². The van der Waals surface area contributed by atoms with Crippen molar-refractivity contribution in [1.82, 2.24) is 4.90 Å². The summed E-state index contributed by atoms with van der Waals surface area (Å²) in [6, 6.07) is 15.4. The van der Waals surface area contributed by atoms with Crippen LogP contribution in [0, 0.1) is 18.3 Å². The highest BCUT2D eigenvalue weighted by Gasteiger charge is 2.46. The molecule has 2 aliphatic heterocycles. The number of amides is 2. The van der Waals surface area contributed by atoms with Gasteiger partial charge in [0.15, 0.2) is 0 Å². The number of piperidine rings is 1.